The molecule has 3 N–H and O–H groups in total. The molecule has 0 saturated heterocycles. The number of hydrogen-bond donors (Lipinski definition) is 3. The molecule has 0 aliphatic heterocycles. The van der Waals surface area contributed by atoms with Gasteiger partial charge in [-0.3, -0.25) is 4.79 Å². The molecule has 1 atom stereocenters. The molecule has 1 aromatic heterocycles. The molecule has 0 spiro atoms. The summed E-state index contributed by atoms with van der Waals surface area (Å²) in [5, 5.41) is 32.0. The van der Waals surface area contributed by atoms with Gasteiger partial charge in [-0.15, -0.1) is 5.10 Å². The number of carbonyl (C=O) groups is 1. The molecule has 1 amide bonds. The van der Waals surface area contributed by atoms with Crippen LogP contribution >= 0.6 is 15.9 Å². The van der Waals surface area contributed by atoms with E-state index in [1.807, 2.05) is 19.1 Å². The van der Waals surface area contributed by atoms with E-state index in [-0.39, 0.29) is 18.5 Å². The quantitative estimate of drug-likeness (QED) is 0.535. The van der Waals surface area contributed by atoms with Crippen LogP contribution in [0.3, 0.4) is 0 Å². The average Bonchev–Trinajstić information content (AvgIpc) is 3.11. The van der Waals surface area contributed by atoms with Crippen LogP contribution in [0.1, 0.15) is 52.7 Å². The first-order valence-electron chi connectivity index (χ1n) is 10.0. The molecule has 1 aliphatic rings. The predicted molar refractivity (Wildman–Crippen MR) is 115 cm³/mol. The highest BCUT2D eigenvalue weighted by atomic mass is 79.9. The SMILES string of the molecule is CCC(C)(O)c1cn(CC2(O)CC(NC(=O)C(C)(C)Oc3ccc(Br)cc3)C2)nn1. The molecule has 1 aromatic carbocycles. The van der Waals surface area contributed by atoms with Gasteiger partial charge in [0.25, 0.3) is 5.91 Å². The molecule has 1 saturated carbocycles. The number of benzene rings is 1. The first-order chi connectivity index (χ1) is 13.9. The second kappa shape index (κ2) is 8.28. The molecule has 1 aliphatic carbocycles. The molecular weight excluding hydrogens is 452 g/mol. The average molecular weight is 481 g/mol. The standard InChI is InChI=1S/C21H29BrN4O4/c1-5-20(4,28)17-12-26(25-24-17)13-21(29)10-15(11-21)23-18(27)19(2,3)30-16-8-6-14(22)7-9-16/h6-9,12,15,28-29H,5,10-11,13H2,1-4H3,(H,23,27). The molecule has 3 rings (SSSR count). The van der Waals surface area contributed by atoms with E-state index in [1.54, 1.807) is 39.1 Å². The van der Waals surface area contributed by atoms with E-state index in [9.17, 15) is 15.0 Å². The zero-order valence-corrected chi connectivity index (χ0v) is 19.3. The molecule has 1 unspecified atom stereocenters. The van der Waals surface area contributed by atoms with Crippen LogP contribution in [0.15, 0.2) is 34.9 Å². The lowest BCUT2D eigenvalue weighted by Crippen LogP contribution is -2.60. The fraction of sp³-hybridized carbons (Fsp3) is 0.571. The Labute approximate surface area is 184 Å². The fourth-order valence-electron chi connectivity index (χ4n) is 3.40. The first kappa shape index (κ1) is 22.7. The van der Waals surface area contributed by atoms with Crippen molar-refractivity contribution in [1.29, 1.82) is 0 Å². The molecule has 1 fully saturated rings. The lowest BCUT2D eigenvalue weighted by atomic mass is 9.75. The van der Waals surface area contributed by atoms with Crippen molar-refractivity contribution >= 4 is 21.8 Å². The van der Waals surface area contributed by atoms with Gasteiger partial charge in [-0.25, -0.2) is 4.68 Å². The number of halogens is 1. The van der Waals surface area contributed by atoms with E-state index in [4.69, 9.17) is 4.74 Å². The molecular formula is C21H29BrN4O4. The van der Waals surface area contributed by atoms with Gasteiger partial charge in [0.15, 0.2) is 5.60 Å². The Hall–Kier alpha value is -1.97. The molecule has 9 heteroatoms. The molecule has 8 nitrogen and oxygen atoms in total. The largest absolute Gasteiger partial charge is 0.478 e. The Morgan fingerprint density at radius 1 is 1.33 bits per heavy atom. The van der Waals surface area contributed by atoms with Crippen molar-refractivity contribution < 1.29 is 19.7 Å². The molecule has 164 valence electrons. The number of ether oxygens (including phenoxy) is 1. The second-order valence-corrected chi connectivity index (χ2v) is 9.71. The van der Waals surface area contributed by atoms with E-state index >= 15 is 0 Å². The third-order valence-corrected chi connectivity index (χ3v) is 6.09. The van der Waals surface area contributed by atoms with Crippen molar-refractivity contribution in [1.82, 2.24) is 20.3 Å². The van der Waals surface area contributed by atoms with E-state index in [1.165, 1.54) is 4.68 Å². The minimum absolute atomic E-state index is 0.142. The highest BCUT2D eigenvalue weighted by molar-refractivity contribution is 9.10. The fourth-order valence-corrected chi connectivity index (χ4v) is 3.66. The van der Waals surface area contributed by atoms with Gasteiger partial charge in [-0.05, 0) is 64.3 Å². The number of nitrogens with one attached hydrogen (secondary N) is 1. The van der Waals surface area contributed by atoms with Crippen molar-refractivity contribution in [3.8, 4) is 5.75 Å². The minimum Gasteiger partial charge on any atom is -0.478 e. The van der Waals surface area contributed by atoms with E-state index in [2.05, 4.69) is 31.6 Å². The Morgan fingerprint density at radius 2 is 1.97 bits per heavy atom. The maximum Gasteiger partial charge on any atom is 0.263 e. The molecule has 0 radical (unpaired) electrons. The van der Waals surface area contributed by atoms with Gasteiger partial charge in [0.05, 0.1) is 18.3 Å². The number of rotatable bonds is 8. The Bertz CT molecular complexity index is 889. The molecule has 30 heavy (non-hydrogen) atoms. The maximum absolute atomic E-state index is 12.7. The molecule has 1 heterocycles. The zero-order valence-electron chi connectivity index (χ0n) is 17.7. The number of carbonyl (C=O) groups excluding carboxylic acids is 1. The van der Waals surface area contributed by atoms with Crippen LogP contribution in [0.5, 0.6) is 5.75 Å². The minimum atomic E-state index is -1.05. The second-order valence-electron chi connectivity index (χ2n) is 8.80. The summed E-state index contributed by atoms with van der Waals surface area (Å²) < 4.78 is 8.31. The summed E-state index contributed by atoms with van der Waals surface area (Å²) in [7, 11) is 0. The van der Waals surface area contributed by atoms with E-state index in [0.29, 0.717) is 30.7 Å². The summed E-state index contributed by atoms with van der Waals surface area (Å²) in [6.07, 6.45) is 2.99. The number of amides is 1. The van der Waals surface area contributed by atoms with Crippen molar-refractivity contribution in [3.05, 3.63) is 40.6 Å². The Balaban J connectivity index is 1.52. The van der Waals surface area contributed by atoms with Gasteiger partial charge in [-0.2, -0.15) is 0 Å². The number of nitrogens with zero attached hydrogens (tertiary/aromatic N) is 3. The summed E-state index contributed by atoms with van der Waals surface area (Å²) in [5.41, 5.74) is -2.59. The first-order valence-corrected chi connectivity index (χ1v) is 10.8. The lowest BCUT2D eigenvalue weighted by Gasteiger charge is -2.44. The summed E-state index contributed by atoms with van der Waals surface area (Å²) in [5.74, 6) is 0.368. The molecule has 2 aromatic rings. The van der Waals surface area contributed by atoms with Crippen LogP contribution < -0.4 is 10.1 Å². The Kier molecular flexibility index (Phi) is 6.27. The summed E-state index contributed by atoms with van der Waals surface area (Å²) in [4.78, 5) is 12.7. The van der Waals surface area contributed by atoms with E-state index < -0.39 is 16.8 Å². The van der Waals surface area contributed by atoms with Crippen LogP contribution in [0.2, 0.25) is 0 Å². The summed E-state index contributed by atoms with van der Waals surface area (Å²) in [6.45, 7) is 7.24. The maximum atomic E-state index is 12.7. The highest BCUT2D eigenvalue weighted by Crippen LogP contribution is 2.34. The van der Waals surface area contributed by atoms with Gasteiger partial charge < -0.3 is 20.3 Å². The smallest absolute Gasteiger partial charge is 0.263 e. The number of aliphatic hydroxyl groups is 2. The topological polar surface area (TPSA) is 110 Å². The normalized spacial score (nSPS) is 23.4. The highest BCUT2D eigenvalue weighted by Gasteiger charge is 2.45. The molecule has 0 bridgehead atoms. The summed E-state index contributed by atoms with van der Waals surface area (Å²) >= 11 is 3.37. The number of aromatic nitrogens is 3. The van der Waals surface area contributed by atoms with Crippen LogP contribution in [-0.4, -0.2) is 48.4 Å². The van der Waals surface area contributed by atoms with E-state index in [0.717, 1.165) is 4.47 Å². The van der Waals surface area contributed by atoms with Crippen molar-refractivity contribution in [2.24, 2.45) is 0 Å². The predicted octanol–water partition coefficient (Wildman–Crippen LogP) is 2.53. The van der Waals surface area contributed by atoms with Gasteiger partial charge in [0.1, 0.15) is 17.0 Å². The monoisotopic (exact) mass is 480 g/mol. The van der Waals surface area contributed by atoms with Gasteiger partial charge in [0, 0.05) is 10.5 Å². The number of hydrogen-bond acceptors (Lipinski definition) is 6. The van der Waals surface area contributed by atoms with Crippen molar-refractivity contribution in [2.75, 3.05) is 0 Å². The van der Waals surface area contributed by atoms with Crippen LogP contribution in [0.4, 0.5) is 0 Å². The van der Waals surface area contributed by atoms with Crippen LogP contribution in [0.25, 0.3) is 0 Å². The van der Waals surface area contributed by atoms with Gasteiger partial charge >= 0.3 is 0 Å². The van der Waals surface area contributed by atoms with Crippen LogP contribution in [-0.2, 0) is 16.9 Å². The van der Waals surface area contributed by atoms with Gasteiger partial charge in [-0.1, -0.05) is 28.1 Å². The lowest BCUT2D eigenvalue weighted by molar-refractivity contribution is -0.139. The van der Waals surface area contributed by atoms with Gasteiger partial charge in [0.2, 0.25) is 0 Å². The zero-order chi connectivity index (χ0) is 22.2. The van der Waals surface area contributed by atoms with Crippen molar-refractivity contribution in [3.63, 3.8) is 0 Å². The van der Waals surface area contributed by atoms with Crippen LogP contribution in [0, 0.1) is 0 Å². The van der Waals surface area contributed by atoms with Crippen molar-refractivity contribution in [2.45, 2.75) is 76.3 Å². The Morgan fingerprint density at radius 3 is 2.57 bits per heavy atom. The third kappa shape index (κ3) is 5.19. The third-order valence-electron chi connectivity index (χ3n) is 5.56. The summed E-state index contributed by atoms with van der Waals surface area (Å²) in [6, 6.07) is 7.15.